The minimum atomic E-state index is -1.38. The van der Waals surface area contributed by atoms with Gasteiger partial charge in [-0.15, -0.1) is 0 Å². The average Bonchev–Trinajstić information content (AvgIpc) is 2.03. The van der Waals surface area contributed by atoms with Gasteiger partial charge in [0, 0.05) is 6.42 Å². The third-order valence-corrected chi connectivity index (χ3v) is 1.52. The molecule has 0 saturated carbocycles. The van der Waals surface area contributed by atoms with Crippen LogP contribution in [0.1, 0.15) is 19.8 Å². The highest BCUT2D eigenvalue weighted by molar-refractivity contribution is 5.94. The monoisotopic (exact) mass is 204 g/mol. The summed E-state index contributed by atoms with van der Waals surface area (Å²) in [6.45, 7) is 1.63. The fourth-order valence-electron chi connectivity index (χ4n) is 0.853. The van der Waals surface area contributed by atoms with Crippen molar-refractivity contribution >= 4 is 17.9 Å². The Labute approximate surface area is 80.5 Å². The highest BCUT2D eigenvalue weighted by Gasteiger charge is 2.27. The lowest BCUT2D eigenvalue weighted by Crippen LogP contribution is -2.26. The van der Waals surface area contributed by atoms with E-state index in [1.165, 1.54) is 0 Å². The quantitative estimate of drug-likeness (QED) is 0.470. The summed E-state index contributed by atoms with van der Waals surface area (Å²) >= 11 is 0. The standard InChI is InChI=1S/C8H12O6/c1-2-14-8(13)5(7(11)12)3-4-6(9)10/h5H,2-4H2,1H3,(H,9,10)(H,11,12). The van der Waals surface area contributed by atoms with E-state index in [0.29, 0.717) is 0 Å². The number of carboxylic acids is 2. The summed E-state index contributed by atoms with van der Waals surface area (Å²) in [5.74, 6) is -4.77. The average molecular weight is 204 g/mol. The molecule has 80 valence electrons. The minimum Gasteiger partial charge on any atom is -0.481 e. The van der Waals surface area contributed by atoms with Crippen LogP contribution in [-0.2, 0) is 19.1 Å². The summed E-state index contributed by atoms with van der Waals surface area (Å²) in [6.07, 6.45) is -0.612. The van der Waals surface area contributed by atoms with Gasteiger partial charge in [0.25, 0.3) is 0 Å². The van der Waals surface area contributed by atoms with E-state index < -0.39 is 23.8 Å². The Balaban J connectivity index is 4.22. The van der Waals surface area contributed by atoms with Crippen LogP contribution in [0, 0.1) is 5.92 Å². The smallest absolute Gasteiger partial charge is 0.320 e. The van der Waals surface area contributed by atoms with E-state index in [1.54, 1.807) is 6.92 Å². The molecule has 0 aromatic carbocycles. The van der Waals surface area contributed by atoms with Gasteiger partial charge in [0.15, 0.2) is 5.92 Å². The maximum absolute atomic E-state index is 11.0. The van der Waals surface area contributed by atoms with Gasteiger partial charge < -0.3 is 14.9 Å². The van der Waals surface area contributed by atoms with Crippen LogP contribution in [0.5, 0.6) is 0 Å². The topological polar surface area (TPSA) is 101 Å². The van der Waals surface area contributed by atoms with E-state index in [9.17, 15) is 14.4 Å². The predicted molar refractivity (Wildman–Crippen MR) is 44.6 cm³/mol. The Morgan fingerprint density at radius 2 is 1.86 bits per heavy atom. The zero-order valence-electron chi connectivity index (χ0n) is 7.73. The SMILES string of the molecule is CCOC(=O)C(CCC(=O)O)C(=O)O. The second kappa shape index (κ2) is 5.95. The van der Waals surface area contributed by atoms with E-state index in [1.807, 2.05) is 0 Å². The van der Waals surface area contributed by atoms with Gasteiger partial charge >= 0.3 is 17.9 Å². The molecule has 0 aliphatic rings. The predicted octanol–water partition coefficient (Wildman–Crippen LogP) is 0.115. The van der Waals surface area contributed by atoms with E-state index >= 15 is 0 Å². The molecular formula is C8H12O6. The molecule has 14 heavy (non-hydrogen) atoms. The van der Waals surface area contributed by atoms with Gasteiger partial charge in [-0.2, -0.15) is 0 Å². The molecule has 0 aromatic rings. The molecule has 0 spiro atoms. The van der Waals surface area contributed by atoms with Crippen molar-refractivity contribution in [2.75, 3.05) is 6.61 Å². The first-order valence-electron chi connectivity index (χ1n) is 4.10. The summed E-state index contributed by atoms with van der Waals surface area (Å²) in [6, 6.07) is 0. The first-order chi connectivity index (χ1) is 6.49. The van der Waals surface area contributed by atoms with Gasteiger partial charge in [0.05, 0.1) is 6.61 Å². The number of hydrogen-bond donors (Lipinski definition) is 2. The van der Waals surface area contributed by atoms with Gasteiger partial charge in [-0.1, -0.05) is 0 Å². The largest absolute Gasteiger partial charge is 0.481 e. The lowest BCUT2D eigenvalue weighted by molar-refractivity contribution is -0.158. The van der Waals surface area contributed by atoms with E-state index in [2.05, 4.69) is 4.74 Å². The van der Waals surface area contributed by atoms with Crippen molar-refractivity contribution in [3.05, 3.63) is 0 Å². The van der Waals surface area contributed by atoms with Crippen LogP contribution >= 0.6 is 0 Å². The van der Waals surface area contributed by atoms with Crippen molar-refractivity contribution in [2.24, 2.45) is 5.92 Å². The van der Waals surface area contributed by atoms with Gasteiger partial charge in [-0.25, -0.2) is 0 Å². The number of rotatable bonds is 6. The number of carbonyl (C=O) groups excluding carboxylic acids is 1. The number of ether oxygens (including phenoxy) is 1. The summed E-state index contributed by atoms with van der Waals surface area (Å²) in [5, 5.41) is 16.9. The number of hydrogen-bond acceptors (Lipinski definition) is 4. The van der Waals surface area contributed by atoms with E-state index in [0.717, 1.165) is 0 Å². The molecule has 6 heteroatoms. The Hall–Kier alpha value is -1.59. The molecule has 0 fully saturated rings. The molecule has 0 aromatic heterocycles. The number of esters is 1. The second-order valence-corrected chi connectivity index (χ2v) is 2.58. The molecule has 0 amide bonds. The molecule has 0 heterocycles. The highest BCUT2D eigenvalue weighted by atomic mass is 16.5. The van der Waals surface area contributed by atoms with E-state index in [-0.39, 0.29) is 19.4 Å². The van der Waals surface area contributed by atoms with Crippen molar-refractivity contribution in [2.45, 2.75) is 19.8 Å². The summed E-state index contributed by atoms with van der Waals surface area (Å²) in [7, 11) is 0. The molecule has 6 nitrogen and oxygen atoms in total. The number of carbonyl (C=O) groups is 3. The van der Waals surface area contributed by atoms with Crippen LogP contribution in [0.4, 0.5) is 0 Å². The zero-order chi connectivity index (χ0) is 11.1. The van der Waals surface area contributed by atoms with Crippen LogP contribution < -0.4 is 0 Å². The molecule has 0 saturated heterocycles. The fraction of sp³-hybridized carbons (Fsp3) is 0.625. The second-order valence-electron chi connectivity index (χ2n) is 2.58. The van der Waals surface area contributed by atoms with Crippen molar-refractivity contribution in [1.82, 2.24) is 0 Å². The summed E-state index contributed by atoms with van der Waals surface area (Å²) in [4.78, 5) is 31.7. The van der Waals surface area contributed by atoms with Crippen LogP contribution in [0.3, 0.4) is 0 Å². The van der Waals surface area contributed by atoms with Crippen molar-refractivity contribution in [1.29, 1.82) is 0 Å². The first-order valence-corrected chi connectivity index (χ1v) is 4.10. The lowest BCUT2D eigenvalue weighted by Gasteiger charge is -2.09. The third-order valence-electron chi connectivity index (χ3n) is 1.52. The zero-order valence-corrected chi connectivity index (χ0v) is 7.73. The van der Waals surface area contributed by atoms with Gasteiger partial charge in [0.1, 0.15) is 0 Å². The maximum Gasteiger partial charge on any atom is 0.320 e. The van der Waals surface area contributed by atoms with Crippen LogP contribution in [0.15, 0.2) is 0 Å². The molecule has 0 aliphatic heterocycles. The normalized spacial score (nSPS) is 11.8. The van der Waals surface area contributed by atoms with Gasteiger partial charge in [0.2, 0.25) is 0 Å². The maximum atomic E-state index is 11.0. The van der Waals surface area contributed by atoms with Crippen LogP contribution in [0.2, 0.25) is 0 Å². The Morgan fingerprint density at radius 1 is 1.29 bits per heavy atom. The number of carboxylic acid groups (broad SMARTS) is 2. The molecule has 2 N–H and O–H groups in total. The molecule has 1 atom stereocenters. The summed E-state index contributed by atoms with van der Waals surface area (Å²) in [5.41, 5.74) is 0. The first kappa shape index (κ1) is 12.4. The molecule has 0 aliphatic carbocycles. The molecular weight excluding hydrogens is 192 g/mol. The molecule has 0 bridgehead atoms. The lowest BCUT2D eigenvalue weighted by atomic mass is 10.0. The van der Waals surface area contributed by atoms with Crippen LogP contribution in [-0.4, -0.2) is 34.7 Å². The minimum absolute atomic E-state index is 0.0791. The molecule has 0 rings (SSSR count). The Bertz CT molecular complexity index is 234. The van der Waals surface area contributed by atoms with Crippen molar-refractivity contribution < 1.29 is 29.3 Å². The van der Waals surface area contributed by atoms with E-state index in [4.69, 9.17) is 10.2 Å². The fourth-order valence-corrected chi connectivity index (χ4v) is 0.853. The van der Waals surface area contributed by atoms with Gasteiger partial charge in [-0.3, -0.25) is 14.4 Å². The van der Waals surface area contributed by atoms with Crippen LogP contribution in [0.25, 0.3) is 0 Å². The van der Waals surface area contributed by atoms with Crippen molar-refractivity contribution in [3.8, 4) is 0 Å². The molecule has 1 unspecified atom stereocenters. The Kier molecular flexibility index (Phi) is 5.28. The number of aliphatic carboxylic acids is 2. The van der Waals surface area contributed by atoms with Crippen molar-refractivity contribution in [3.63, 3.8) is 0 Å². The highest BCUT2D eigenvalue weighted by Crippen LogP contribution is 2.09. The van der Waals surface area contributed by atoms with Gasteiger partial charge in [-0.05, 0) is 13.3 Å². The molecule has 0 radical (unpaired) electrons. The third kappa shape index (κ3) is 4.44. The Morgan fingerprint density at radius 3 is 2.21 bits per heavy atom. The summed E-state index contributed by atoms with van der Waals surface area (Å²) < 4.78 is 4.48.